The van der Waals surface area contributed by atoms with Gasteiger partial charge in [-0.2, -0.15) is 0 Å². The summed E-state index contributed by atoms with van der Waals surface area (Å²) < 4.78 is 0. The number of likely N-dealkylation sites (tertiary alicyclic amines) is 2. The molecule has 0 aromatic heterocycles. The van der Waals surface area contributed by atoms with E-state index in [0.29, 0.717) is 18.5 Å². The van der Waals surface area contributed by atoms with Crippen LogP contribution in [0.5, 0.6) is 0 Å². The first-order chi connectivity index (χ1) is 10.7. The molecule has 0 aliphatic carbocycles. The summed E-state index contributed by atoms with van der Waals surface area (Å²) in [5, 5.41) is 6.67. The predicted octanol–water partition coefficient (Wildman–Crippen LogP) is 0.803. The van der Waals surface area contributed by atoms with Crippen molar-refractivity contribution in [1.29, 1.82) is 0 Å². The number of rotatable bonds is 4. The number of piperidine rings is 2. The van der Waals surface area contributed by atoms with Crippen LogP contribution in [0.4, 0.5) is 0 Å². The molecule has 1 amide bonds. The number of nitrogens with zero attached hydrogens (tertiary/aromatic N) is 2. The summed E-state index contributed by atoms with van der Waals surface area (Å²) in [5.41, 5.74) is 0. The fourth-order valence-corrected chi connectivity index (χ4v) is 4.21. The van der Waals surface area contributed by atoms with E-state index in [1.165, 1.54) is 32.4 Å². The highest BCUT2D eigenvalue weighted by Crippen LogP contribution is 2.20. The van der Waals surface area contributed by atoms with Crippen LogP contribution in [0.3, 0.4) is 0 Å². The molecule has 2 N–H and O–H groups in total. The maximum absolute atomic E-state index is 12.1. The lowest BCUT2D eigenvalue weighted by atomic mass is 9.98. The van der Waals surface area contributed by atoms with Crippen molar-refractivity contribution in [2.75, 3.05) is 39.8 Å². The Labute approximate surface area is 134 Å². The first kappa shape index (κ1) is 16.2. The smallest absolute Gasteiger partial charge is 0.221 e. The van der Waals surface area contributed by atoms with Crippen molar-refractivity contribution in [3.63, 3.8) is 0 Å². The van der Waals surface area contributed by atoms with Gasteiger partial charge in [-0.3, -0.25) is 4.79 Å². The Hall–Kier alpha value is -0.650. The van der Waals surface area contributed by atoms with Crippen LogP contribution in [0.1, 0.15) is 44.9 Å². The average Bonchev–Trinajstić information content (AvgIpc) is 3.02. The van der Waals surface area contributed by atoms with Crippen LogP contribution in [0, 0.1) is 0 Å². The summed E-state index contributed by atoms with van der Waals surface area (Å²) in [6.07, 6.45) is 7.89. The summed E-state index contributed by atoms with van der Waals surface area (Å²) in [5.74, 6) is 0.247. The Morgan fingerprint density at radius 3 is 2.45 bits per heavy atom. The molecule has 0 spiro atoms. The molecule has 5 heteroatoms. The fraction of sp³-hybridized carbons (Fsp3) is 0.941. The van der Waals surface area contributed by atoms with Gasteiger partial charge in [0.1, 0.15) is 0 Å². The third kappa shape index (κ3) is 4.43. The van der Waals surface area contributed by atoms with Crippen LogP contribution >= 0.6 is 0 Å². The Kier molecular flexibility index (Phi) is 5.71. The monoisotopic (exact) mass is 308 g/mol. The molecule has 126 valence electrons. The van der Waals surface area contributed by atoms with Gasteiger partial charge < -0.3 is 20.4 Å². The molecule has 0 aromatic carbocycles. The standard InChI is InChI=1S/C17H32N4O/c1-20-9-6-16(7-10-20)21-11-4-14(5-12-21)19-17(22)13-15-3-2-8-18-15/h14-16,18H,2-13H2,1H3,(H,19,22). The molecule has 0 aromatic rings. The third-order valence-electron chi connectivity index (χ3n) is 5.69. The van der Waals surface area contributed by atoms with E-state index in [-0.39, 0.29) is 5.91 Å². The molecule has 3 aliphatic rings. The maximum Gasteiger partial charge on any atom is 0.221 e. The molecule has 1 unspecified atom stereocenters. The number of carbonyl (C=O) groups excluding carboxylic acids is 1. The Morgan fingerprint density at radius 2 is 1.82 bits per heavy atom. The van der Waals surface area contributed by atoms with E-state index >= 15 is 0 Å². The molecule has 22 heavy (non-hydrogen) atoms. The van der Waals surface area contributed by atoms with Gasteiger partial charge >= 0.3 is 0 Å². The van der Waals surface area contributed by atoms with E-state index < -0.39 is 0 Å². The second-order valence-corrected chi connectivity index (χ2v) is 7.41. The van der Waals surface area contributed by atoms with Crippen LogP contribution < -0.4 is 10.6 Å². The first-order valence-electron chi connectivity index (χ1n) is 9.16. The van der Waals surface area contributed by atoms with Gasteiger partial charge in [-0.05, 0) is 65.2 Å². The third-order valence-corrected chi connectivity index (χ3v) is 5.69. The zero-order valence-corrected chi connectivity index (χ0v) is 14.0. The van der Waals surface area contributed by atoms with E-state index in [1.54, 1.807) is 0 Å². The van der Waals surface area contributed by atoms with E-state index in [0.717, 1.165) is 44.9 Å². The first-order valence-corrected chi connectivity index (χ1v) is 9.16. The van der Waals surface area contributed by atoms with Gasteiger partial charge in [-0.15, -0.1) is 0 Å². The van der Waals surface area contributed by atoms with Crippen molar-refractivity contribution in [2.45, 2.75) is 63.1 Å². The van der Waals surface area contributed by atoms with Crippen LogP contribution in [0.15, 0.2) is 0 Å². The van der Waals surface area contributed by atoms with Crippen molar-refractivity contribution in [2.24, 2.45) is 0 Å². The minimum Gasteiger partial charge on any atom is -0.353 e. The minimum absolute atomic E-state index is 0.247. The molecule has 0 radical (unpaired) electrons. The number of amides is 1. The van der Waals surface area contributed by atoms with E-state index in [1.807, 2.05) is 0 Å². The van der Waals surface area contributed by atoms with Gasteiger partial charge in [0.25, 0.3) is 0 Å². The molecule has 3 fully saturated rings. The highest BCUT2D eigenvalue weighted by atomic mass is 16.1. The van der Waals surface area contributed by atoms with Crippen LogP contribution in [-0.2, 0) is 4.79 Å². The quantitative estimate of drug-likeness (QED) is 0.807. The molecular weight excluding hydrogens is 276 g/mol. The topological polar surface area (TPSA) is 47.6 Å². The highest BCUT2D eigenvalue weighted by Gasteiger charge is 2.28. The van der Waals surface area contributed by atoms with E-state index in [2.05, 4.69) is 27.5 Å². The van der Waals surface area contributed by atoms with Crippen LogP contribution in [0.25, 0.3) is 0 Å². The Morgan fingerprint density at radius 1 is 1.09 bits per heavy atom. The summed E-state index contributed by atoms with van der Waals surface area (Å²) in [7, 11) is 2.22. The molecular formula is C17H32N4O. The average molecular weight is 308 g/mol. The molecule has 3 heterocycles. The maximum atomic E-state index is 12.1. The normalized spacial score (nSPS) is 29.8. The zero-order valence-electron chi connectivity index (χ0n) is 14.0. The second kappa shape index (κ2) is 7.75. The highest BCUT2D eigenvalue weighted by molar-refractivity contribution is 5.76. The summed E-state index contributed by atoms with van der Waals surface area (Å²) in [4.78, 5) is 17.2. The minimum atomic E-state index is 0.247. The fourth-order valence-electron chi connectivity index (χ4n) is 4.21. The second-order valence-electron chi connectivity index (χ2n) is 7.41. The molecule has 0 bridgehead atoms. The summed E-state index contributed by atoms with van der Waals surface area (Å²) >= 11 is 0. The van der Waals surface area contributed by atoms with Gasteiger partial charge in [0.15, 0.2) is 0 Å². The molecule has 5 nitrogen and oxygen atoms in total. The number of hydrogen-bond acceptors (Lipinski definition) is 4. The molecule has 3 rings (SSSR count). The van der Waals surface area contributed by atoms with Gasteiger partial charge in [0, 0.05) is 37.6 Å². The molecule has 1 atom stereocenters. The van der Waals surface area contributed by atoms with Crippen molar-refractivity contribution in [1.82, 2.24) is 20.4 Å². The molecule has 3 aliphatic heterocycles. The zero-order chi connectivity index (χ0) is 15.4. The van der Waals surface area contributed by atoms with Crippen LogP contribution in [0.2, 0.25) is 0 Å². The molecule has 3 saturated heterocycles. The largest absolute Gasteiger partial charge is 0.353 e. The lowest BCUT2D eigenvalue weighted by molar-refractivity contribution is -0.122. The number of carbonyl (C=O) groups is 1. The lowest BCUT2D eigenvalue weighted by Crippen LogP contribution is -2.51. The van der Waals surface area contributed by atoms with Crippen molar-refractivity contribution in [3.05, 3.63) is 0 Å². The van der Waals surface area contributed by atoms with Crippen LogP contribution in [-0.4, -0.2) is 73.6 Å². The summed E-state index contributed by atoms with van der Waals surface area (Å²) in [6, 6.07) is 1.59. The van der Waals surface area contributed by atoms with Gasteiger partial charge in [-0.1, -0.05) is 0 Å². The Bertz CT molecular complexity index is 354. The predicted molar refractivity (Wildman–Crippen MR) is 88.9 cm³/mol. The van der Waals surface area contributed by atoms with Crippen molar-refractivity contribution < 1.29 is 4.79 Å². The molecule has 0 saturated carbocycles. The number of nitrogens with one attached hydrogen (secondary N) is 2. The van der Waals surface area contributed by atoms with E-state index in [9.17, 15) is 4.79 Å². The van der Waals surface area contributed by atoms with Crippen molar-refractivity contribution in [3.8, 4) is 0 Å². The lowest BCUT2D eigenvalue weighted by Gasteiger charge is -2.41. The summed E-state index contributed by atoms with van der Waals surface area (Å²) in [6.45, 7) is 5.85. The Balaban J connectivity index is 1.35. The van der Waals surface area contributed by atoms with Gasteiger partial charge in [0.2, 0.25) is 5.91 Å². The van der Waals surface area contributed by atoms with Gasteiger partial charge in [0.05, 0.1) is 0 Å². The van der Waals surface area contributed by atoms with E-state index in [4.69, 9.17) is 0 Å². The number of hydrogen-bond donors (Lipinski definition) is 2. The SMILES string of the molecule is CN1CCC(N2CCC(NC(=O)CC3CCCN3)CC2)CC1. The van der Waals surface area contributed by atoms with Crippen molar-refractivity contribution >= 4 is 5.91 Å². The van der Waals surface area contributed by atoms with Gasteiger partial charge in [-0.25, -0.2) is 0 Å².